The number of aryl methyl sites for hydroxylation is 4. The van der Waals surface area contributed by atoms with Crippen molar-refractivity contribution in [3.05, 3.63) is 58.9 Å². The first-order chi connectivity index (χ1) is 11.0. The number of hydrogen-bond acceptors (Lipinski definition) is 3. The van der Waals surface area contributed by atoms with Crippen LogP contribution in [0.2, 0.25) is 0 Å². The lowest BCUT2D eigenvalue weighted by atomic mass is 10.0. The van der Waals surface area contributed by atoms with E-state index in [0.717, 1.165) is 16.6 Å². The molecule has 2 aromatic carbocycles. The van der Waals surface area contributed by atoms with Crippen LogP contribution in [0.4, 0.5) is 0 Å². The fourth-order valence-corrected chi connectivity index (χ4v) is 2.72. The number of carbonyl (C=O) groups is 1. The fraction of sp³-hybridized carbons (Fsp3) is 0.263. The average Bonchev–Trinajstić information content (AvgIpc) is 2.90. The topological polar surface area (TPSA) is 55.1 Å². The number of phenolic OH excluding ortho intramolecular Hbond substituents is 1. The van der Waals surface area contributed by atoms with Crippen molar-refractivity contribution in [1.29, 1.82) is 0 Å². The summed E-state index contributed by atoms with van der Waals surface area (Å²) in [5, 5.41) is 9.86. The minimum atomic E-state index is -0.0584. The number of rotatable bonds is 4. The quantitative estimate of drug-likeness (QED) is 0.743. The number of hydrogen-bond donors (Lipinski definition) is 1. The van der Waals surface area contributed by atoms with Crippen molar-refractivity contribution in [2.45, 2.75) is 33.7 Å². The number of carbonyl (C=O) groups excluding carboxylic acids is 1. The molecule has 0 unspecified atom stereocenters. The molecule has 3 aromatic rings. The summed E-state index contributed by atoms with van der Waals surface area (Å²) in [5.74, 6) is -0.0144. The lowest BCUT2D eigenvalue weighted by molar-refractivity contribution is 0.0975. The number of fused-ring (bicyclic) bond motifs is 1. The second-order valence-electron chi connectivity index (χ2n) is 6.06. The van der Waals surface area contributed by atoms with Crippen molar-refractivity contribution < 1.29 is 9.90 Å². The molecule has 1 N–H and O–H groups in total. The van der Waals surface area contributed by atoms with Crippen LogP contribution in [0.5, 0.6) is 5.75 Å². The minimum Gasteiger partial charge on any atom is -0.507 e. The molecule has 0 bridgehead atoms. The fourth-order valence-electron chi connectivity index (χ4n) is 2.72. The number of aromatic hydroxyl groups is 1. The van der Waals surface area contributed by atoms with Gasteiger partial charge in [-0.2, -0.15) is 0 Å². The Morgan fingerprint density at radius 3 is 2.65 bits per heavy atom. The Labute approximate surface area is 135 Å². The third-order valence-electron chi connectivity index (χ3n) is 4.27. The first kappa shape index (κ1) is 15.3. The van der Waals surface area contributed by atoms with E-state index in [1.807, 2.05) is 11.5 Å². The number of benzene rings is 2. The van der Waals surface area contributed by atoms with Crippen LogP contribution in [0.1, 0.15) is 33.5 Å². The van der Waals surface area contributed by atoms with Gasteiger partial charge >= 0.3 is 0 Å². The highest BCUT2D eigenvalue weighted by atomic mass is 16.3. The first-order valence-electron chi connectivity index (χ1n) is 7.70. The summed E-state index contributed by atoms with van der Waals surface area (Å²) in [7, 11) is 0. The number of imidazole rings is 1. The molecule has 0 aliphatic carbocycles. The molecule has 0 fully saturated rings. The monoisotopic (exact) mass is 308 g/mol. The third kappa shape index (κ3) is 2.97. The number of phenols is 1. The van der Waals surface area contributed by atoms with Gasteiger partial charge in [0.25, 0.3) is 0 Å². The second kappa shape index (κ2) is 5.88. The lowest BCUT2D eigenvalue weighted by Gasteiger charge is -2.07. The van der Waals surface area contributed by atoms with Crippen molar-refractivity contribution in [2.75, 3.05) is 0 Å². The molecule has 1 aromatic heterocycles. The smallest absolute Gasteiger partial charge is 0.168 e. The van der Waals surface area contributed by atoms with E-state index >= 15 is 0 Å². The van der Waals surface area contributed by atoms with Crippen LogP contribution < -0.4 is 0 Å². The summed E-state index contributed by atoms with van der Waals surface area (Å²) in [6.45, 7) is 6.59. The molecule has 23 heavy (non-hydrogen) atoms. The van der Waals surface area contributed by atoms with Crippen molar-refractivity contribution in [1.82, 2.24) is 9.55 Å². The van der Waals surface area contributed by atoms with Gasteiger partial charge in [-0.25, -0.2) is 4.98 Å². The Balaban J connectivity index is 1.82. The van der Waals surface area contributed by atoms with Crippen LogP contribution in [0, 0.1) is 20.8 Å². The van der Waals surface area contributed by atoms with Crippen LogP contribution in [0.25, 0.3) is 11.0 Å². The Kier molecular flexibility index (Phi) is 3.90. The highest BCUT2D eigenvalue weighted by Gasteiger charge is 2.12. The normalized spacial score (nSPS) is 11.1. The summed E-state index contributed by atoms with van der Waals surface area (Å²) >= 11 is 0. The molecular weight excluding hydrogens is 288 g/mol. The highest BCUT2D eigenvalue weighted by molar-refractivity contribution is 5.98. The van der Waals surface area contributed by atoms with Gasteiger partial charge in [0.05, 0.1) is 22.9 Å². The van der Waals surface area contributed by atoms with Gasteiger partial charge in [0.15, 0.2) is 5.78 Å². The molecule has 4 nitrogen and oxygen atoms in total. The van der Waals surface area contributed by atoms with Crippen molar-refractivity contribution >= 4 is 16.8 Å². The SMILES string of the molecule is Cc1ccc(O)c(C(=O)CCn2cnc3cc(C)c(C)cc32)c1. The molecule has 0 spiro atoms. The Morgan fingerprint density at radius 2 is 1.87 bits per heavy atom. The van der Waals surface area contributed by atoms with E-state index in [9.17, 15) is 9.90 Å². The van der Waals surface area contributed by atoms with Gasteiger partial charge in [0.2, 0.25) is 0 Å². The number of aromatic nitrogens is 2. The van der Waals surface area contributed by atoms with Crippen LogP contribution in [0.15, 0.2) is 36.7 Å². The number of nitrogens with zero attached hydrogens (tertiary/aromatic N) is 2. The Morgan fingerprint density at radius 1 is 1.13 bits per heavy atom. The van der Waals surface area contributed by atoms with E-state index in [4.69, 9.17) is 0 Å². The van der Waals surface area contributed by atoms with Crippen LogP contribution in [0.3, 0.4) is 0 Å². The molecule has 0 saturated carbocycles. The van der Waals surface area contributed by atoms with E-state index in [1.54, 1.807) is 24.5 Å². The molecular formula is C19H20N2O2. The van der Waals surface area contributed by atoms with Gasteiger partial charge in [-0.05, 0) is 56.2 Å². The van der Waals surface area contributed by atoms with E-state index in [1.165, 1.54) is 11.1 Å². The van der Waals surface area contributed by atoms with Gasteiger partial charge in [-0.15, -0.1) is 0 Å². The van der Waals surface area contributed by atoms with Crippen LogP contribution in [-0.4, -0.2) is 20.4 Å². The summed E-state index contributed by atoms with van der Waals surface area (Å²) in [6, 6.07) is 9.26. The van der Waals surface area contributed by atoms with Crippen molar-refractivity contribution in [3.63, 3.8) is 0 Å². The summed E-state index contributed by atoms with van der Waals surface area (Å²) in [5.41, 5.74) is 5.76. The molecule has 0 radical (unpaired) electrons. The highest BCUT2D eigenvalue weighted by Crippen LogP contribution is 2.22. The van der Waals surface area contributed by atoms with Gasteiger partial charge in [-0.1, -0.05) is 11.6 Å². The number of Topliss-reactive ketones (excluding diaryl/α,β-unsaturated/α-hetero) is 1. The zero-order valence-electron chi connectivity index (χ0n) is 13.6. The van der Waals surface area contributed by atoms with E-state index < -0.39 is 0 Å². The second-order valence-corrected chi connectivity index (χ2v) is 6.06. The molecule has 1 heterocycles. The molecule has 3 rings (SSSR count). The summed E-state index contributed by atoms with van der Waals surface area (Å²) in [4.78, 5) is 16.8. The maximum atomic E-state index is 12.4. The van der Waals surface area contributed by atoms with Crippen LogP contribution >= 0.6 is 0 Å². The van der Waals surface area contributed by atoms with Gasteiger partial charge < -0.3 is 9.67 Å². The first-order valence-corrected chi connectivity index (χ1v) is 7.70. The molecule has 0 aliphatic rings. The number of ketones is 1. The third-order valence-corrected chi connectivity index (χ3v) is 4.27. The van der Waals surface area contributed by atoms with Crippen molar-refractivity contribution in [3.8, 4) is 5.75 Å². The predicted octanol–water partition coefficient (Wildman–Crippen LogP) is 3.94. The predicted molar refractivity (Wildman–Crippen MR) is 91.0 cm³/mol. The largest absolute Gasteiger partial charge is 0.507 e. The molecule has 4 heteroatoms. The molecule has 118 valence electrons. The zero-order chi connectivity index (χ0) is 16.6. The van der Waals surface area contributed by atoms with Gasteiger partial charge in [0.1, 0.15) is 5.75 Å². The molecule has 0 saturated heterocycles. The summed E-state index contributed by atoms with van der Waals surface area (Å²) in [6.07, 6.45) is 2.10. The zero-order valence-corrected chi connectivity index (χ0v) is 13.6. The molecule has 0 aliphatic heterocycles. The van der Waals surface area contributed by atoms with Crippen LogP contribution in [-0.2, 0) is 6.54 Å². The maximum Gasteiger partial charge on any atom is 0.168 e. The molecule has 0 atom stereocenters. The molecule has 0 amide bonds. The minimum absolute atomic E-state index is 0.0440. The lowest BCUT2D eigenvalue weighted by Crippen LogP contribution is -2.06. The maximum absolute atomic E-state index is 12.4. The van der Waals surface area contributed by atoms with E-state index in [2.05, 4.69) is 31.0 Å². The van der Waals surface area contributed by atoms with Gasteiger partial charge in [-0.3, -0.25) is 4.79 Å². The average molecular weight is 308 g/mol. The van der Waals surface area contributed by atoms with Crippen molar-refractivity contribution in [2.24, 2.45) is 0 Å². The Bertz CT molecular complexity index is 894. The summed E-state index contributed by atoms with van der Waals surface area (Å²) < 4.78 is 1.99. The van der Waals surface area contributed by atoms with Gasteiger partial charge in [0, 0.05) is 13.0 Å². The van der Waals surface area contributed by atoms with E-state index in [0.29, 0.717) is 18.5 Å². The Hall–Kier alpha value is -2.62. The standard InChI is InChI=1S/C19H20N2O2/c1-12-4-5-18(22)15(8-12)19(23)6-7-21-11-20-16-9-13(2)14(3)10-17(16)21/h4-5,8-11,22H,6-7H2,1-3H3. The van der Waals surface area contributed by atoms with E-state index in [-0.39, 0.29) is 11.5 Å².